The number of aryl methyl sites for hydroxylation is 1. The van der Waals surface area contributed by atoms with Gasteiger partial charge >= 0.3 is 0 Å². The lowest BCUT2D eigenvalue weighted by Gasteiger charge is -2.32. The van der Waals surface area contributed by atoms with E-state index in [4.69, 9.17) is 9.47 Å². The molecule has 0 heterocycles. The molecule has 0 aliphatic heterocycles. The molecule has 0 aromatic heterocycles. The first-order valence-electron chi connectivity index (χ1n) is 11.8. The summed E-state index contributed by atoms with van der Waals surface area (Å²) in [6.07, 6.45) is 0.402. The molecular weight excluding hydrogens is 440 g/mol. The number of nitrogens with zero attached hydrogens (tertiary/aromatic N) is 1. The Kier molecular flexibility index (Phi) is 9.30. The standard InChI is InChI=1S/C29H34N2O4/c1-21(2)30-29(33)27(18-23-11-6-5-7-12-23)31(19-24-13-9-8-10-22(24)3)28(32)20-35-26-16-14-25(34-4)15-17-26/h5-17,21,27H,18-20H2,1-4H3,(H,30,33)/t27-/m0/s1. The van der Waals surface area contributed by atoms with Gasteiger partial charge in [-0.05, 0) is 61.7 Å². The van der Waals surface area contributed by atoms with Crippen LogP contribution in [0.15, 0.2) is 78.9 Å². The van der Waals surface area contributed by atoms with E-state index in [1.165, 1.54) is 0 Å². The van der Waals surface area contributed by atoms with Gasteiger partial charge in [0, 0.05) is 19.0 Å². The van der Waals surface area contributed by atoms with E-state index in [-0.39, 0.29) is 24.5 Å². The Balaban J connectivity index is 1.89. The predicted molar refractivity (Wildman–Crippen MR) is 137 cm³/mol. The number of methoxy groups -OCH3 is 1. The molecule has 0 spiro atoms. The number of carbonyl (C=O) groups is 2. The van der Waals surface area contributed by atoms with Gasteiger partial charge in [0.1, 0.15) is 17.5 Å². The molecule has 6 heteroatoms. The Morgan fingerprint density at radius 3 is 2.14 bits per heavy atom. The van der Waals surface area contributed by atoms with Crippen molar-refractivity contribution in [1.82, 2.24) is 10.2 Å². The van der Waals surface area contributed by atoms with Gasteiger partial charge in [-0.25, -0.2) is 0 Å². The van der Waals surface area contributed by atoms with Gasteiger partial charge in [-0.3, -0.25) is 9.59 Å². The van der Waals surface area contributed by atoms with Gasteiger partial charge in [0.05, 0.1) is 7.11 Å². The van der Waals surface area contributed by atoms with Crippen molar-refractivity contribution in [3.8, 4) is 11.5 Å². The second kappa shape index (κ2) is 12.6. The topological polar surface area (TPSA) is 67.9 Å². The monoisotopic (exact) mass is 474 g/mol. The van der Waals surface area contributed by atoms with E-state index >= 15 is 0 Å². The van der Waals surface area contributed by atoms with E-state index in [9.17, 15) is 9.59 Å². The lowest BCUT2D eigenvalue weighted by Crippen LogP contribution is -2.52. The molecule has 0 aliphatic carbocycles. The summed E-state index contributed by atoms with van der Waals surface area (Å²) in [5, 5.41) is 3.00. The molecule has 1 N–H and O–H groups in total. The molecule has 0 aliphatic rings. The van der Waals surface area contributed by atoms with Crippen molar-refractivity contribution in [1.29, 1.82) is 0 Å². The predicted octanol–water partition coefficient (Wildman–Crippen LogP) is 4.55. The van der Waals surface area contributed by atoms with Crippen molar-refractivity contribution in [2.45, 2.75) is 45.8 Å². The molecule has 6 nitrogen and oxygen atoms in total. The van der Waals surface area contributed by atoms with Crippen molar-refractivity contribution in [3.63, 3.8) is 0 Å². The molecule has 3 rings (SSSR count). The minimum absolute atomic E-state index is 0.0493. The summed E-state index contributed by atoms with van der Waals surface area (Å²) in [6.45, 7) is 5.96. The van der Waals surface area contributed by atoms with Gasteiger partial charge < -0.3 is 19.7 Å². The van der Waals surface area contributed by atoms with Crippen LogP contribution in [0, 0.1) is 6.92 Å². The SMILES string of the molecule is COc1ccc(OCC(=O)N(Cc2ccccc2C)[C@@H](Cc2ccccc2)C(=O)NC(C)C)cc1. The highest BCUT2D eigenvalue weighted by atomic mass is 16.5. The number of hydrogen-bond acceptors (Lipinski definition) is 4. The summed E-state index contributed by atoms with van der Waals surface area (Å²) in [6, 6.07) is 24.0. The zero-order chi connectivity index (χ0) is 25.2. The molecule has 0 unspecified atom stereocenters. The minimum atomic E-state index is -0.689. The van der Waals surface area contributed by atoms with Crippen LogP contribution >= 0.6 is 0 Å². The number of ether oxygens (including phenoxy) is 2. The van der Waals surface area contributed by atoms with Crippen molar-refractivity contribution in [2.24, 2.45) is 0 Å². The average Bonchev–Trinajstić information content (AvgIpc) is 2.86. The van der Waals surface area contributed by atoms with E-state index in [0.29, 0.717) is 24.5 Å². The van der Waals surface area contributed by atoms with E-state index < -0.39 is 6.04 Å². The Bertz CT molecular complexity index is 1100. The highest BCUT2D eigenvalue weighted by molar-refractivity contribution is 5.88. The zero-order valence-electron chi connectivity index (χ0n) is 20.9. The lowest BCUT2D eigenvalue weighted by atomic mass is 10.0. The van der Waals surface area contributed by atoms with Crippen molar-refractivity contribution < 1.29 is 19.1 Å². The van der Waals surface area contributed by atoms with Crippen molar-refractivity contribution >= 4 is 11.8 Å². The van der Waals surface area contributed by atoms with Crippen LogP contribution in [0.1, 0.15) is 30.5 Å². The Hall–Kier alpha value is -3.80. The number of benzene rings is 3. The highest BCUT2D eigenvalue weighted by Crippen LogP contribution is 2.20. The Labute approximate surface area is 207 Å². The maximum Gasteiger partial charge on any atom is 0.261 e. The third-order valence-corrected chi connectivity index (χ3v) is 5.73. The molecule has 0 saturated carbocycles. The number of hydrogen-bond donors (Lipinski definition) is 1. The quantitative estimate of drug-likeness (QED) is 0.443. The van der Waals surface area contributed by atoms with Crippen molar-refractivity contribution in [3.05, 3.63) is 95.6 Å². The average molecular weight is 475 g/mol. The molecule has 184 valence electrons. The fourth-order valence-electron chi connectivity index (χ4n) is 3.81. The summed E-state index contributed by atoms with van der Waals surface area (Å²) in [7, 11) is 1.60. The molecule has 2 amide bonds. The summed E-state index contributed by atoms with van der Waals surface area (Å²) in [4.78, 5) is 28.6. The second-order valence-electron chi connectivity index (χ2n) is 8.78. The first kappa shape index (κ1) is 25.8. The maximum atomic E-state index is 13.6. The third kappa shape index (κ3) is 7.60. The molecule has 0 radical (unpaired) electrons. The summed E-state index contributed by atoms with van der Waals surface area (Å²) in [5.74, 6) is 0.818. The van der Waals surface area contributed by atoms with E-state index in [1.54, 1.807) is 36.3 Å². The second-order valence-corrected chi connectivity index (χ2v) is 8.78. The van der Waals surface area contributed by atoms with E-state index in [2.05, 4.69) is 5.32 Å². The van der Waals surface area contributed by atoms with Gasteiger partial charge in [-0.1, -0.05) is 54.6 Å². The molecule has 3 aromatic carbocycles. The number of carbonyl (C=O) groups excluding carboxylic acids is 2. The first-order valence-corrected chi connectivity index (χ1v) is 11.8. The molecule has 3 aromatic rings. The molecule has 0 saturated heterocycles. The van der Waals surface area contributed by atoms with Gasteiger partial charge in [0.15, 0.2) is 6.61 Å². The maximum absolute atomic E-state index is 13.6. The van der Waals surface area contributed by atoms with Crippen LogP contribution in [0.4, 0.5) is 0 Å². The fraction of sp³-hybridized carbons (Fsp3) is 0.310. The Morgan fingerprint density at radius 2 is 1.51 bits per heavy atom. The molecule has 35 heavy (non-hydrogen) atoms. The van der Waals surface area contributed by atoms with Crippen molar-refractivity contribution in [2.75, 3.05) is 13.7 Å². The molecule has 0 bridgehead atoms. The summed E-state index contributed by atoms with van der Waals surface area (Å²) >= 11 is 0. The van der Waals surface area contributed by atoms with E-state index in [0.717, 1.165) is 16.7 Å². The van der Waals surface area contributed by atoms with Crippen LogP contribution in [-0.4, -0.2) is 42.5 Å². The van der Waals surface area contributed by atoms with Gasteiger partial charge in [0.25, 0.3) is 5.91 Å². The van der Waals surface area contributed by atoms with Crippen LogP contribution < -0.4 is 14.8 Å². The van der Waals surface area contributed by atoms with E-state index in [1.807, 2.05) is 75.4 Å². The molecule has 0 fully saturated rings. The van der Waals surface area contributed by atoms with Crippen LogP contribution in [0.5, 0.6) is 11.5 Å². The Morgan fingerprint density at radius 1 is 0.886 bits per heavy atom. The molecular formula is C29H34N2O4. The largest absolute Gasteiger partial charge is 0.497 e. The third-order valence-electron chi connectivity index (χ3n) is 5.73. The normalized spacial score (nSPS) is 11.6. The van der Waals surface area contributed by atoms with Gasteiger partial charge in [-0.15, -0.1) is 0 Å². The number of nitrogens with one attached hydrogen (secondary N) is 1. The number of amides is 2. The van der Waals surface area contributed by atoms with Gasteiger partial charge in [0.2, 0.25) is 5.91 Å². The fourth-order valence-corrected chi connectivity index (χ4v) is 3.81. The highest BCUT2D eigenvalue weighted by Gasteiger charge is 2.31. The zero-order valence-corrected chi connectivity index (χ0v) is 20.9. The summed E-state index contributed by atoms with van der Waals surface area (Å²) < 4.78 is 11.0. The van der Waals surface area contributed by atoms with Crippen LogP contribution in [0.2, 0.25) is 0 Å². The van der Waals surface area contributed by atoms with Crippen LogP contribution in [0.25, 0.3) is 0 Å². The summed E-state index contributed by atoms with van der Waals surface area (Å²) in [5.41, 5.74) is 3.03. The van der Waals surface area contributed by atoms with Crippen LogP contribution in [0.3, 0.4) is 0 Å². The molecule has 1 atom stereocenters. The lowest BCUT2D eigenvalue weighted by molar-refractivity contribution is -0.143. The van der Waals surface area contributed by atoms with Gasteiger partial charge in [-0.2, -0.15) is 0 Å². The first-order chi connectivity index (χ1) is 16.9. The van der Waals surface area contributed by atoms with Crippen LogP contribution in [-0.2, 0) is 22.6 Å². The minimum Gasteiger partial charge on any atom is -0.497 e. The number of rotatable bonds is 11. The smallest absolute Gasteiger partial charge is 0.261 e.